The van der Waals surface area contributed by atoms with E-state index in [9.17, 15) is 18.0 Å². The Morgan fingerprint density at radius 2 is 1.81 bits per heavy atom. The maximum absolute atomic E-state index is 13.4. The lowest BCUT2D eigenvalue weighted by molar-refractivity contribution is -0.140. The van der Waals surface area contributed by atoms with Crippen molar-refractivity contribution in [3.8, 4) is 0 Å². The summed E-state index contributed by atoms with van der Waals surface area (Å²) >= 11 is 6.28. The molecule has 0 aromatic heterocycles. The molecule has 0 saturated carbocycles. The van der Waals surface area contributed by atoms with Crippen LogP contribution in [-0.2, 0) is 26.2 Å². The number of halogens is 1. The lowest BCUT2D eigenvalue weighted by atomic mass is 10.1. The molecule has 0 heterocycles. The fourth-order valence-electron chi connectivity index (χ4n) is 3.29. The van der Waals surface area contributed by atoms with Gasteiger partial charge in [-0.25, -0.2) is 8.42 Å². The van der Waals surface area contributed by atoms with Gasteiger partial charge in [0.2, 0.25) is 21.8 Å². The first kappa shape index (κ1) is 24.7. The van der Waals surface area contributed by atoms with Crippen molar-refractivity contribution in [1.29, 1.82) is 0 Å². The summed E-state index contributed by atoms with van der Waals surface area (Å²) in [6, 6.07) is 13.2. The van der Waals surface area contributed by atoms with E-state index in [2.05, 4.69) is 5.32 Å². The Morgan fingerprint density at radius 1 is 1.13 bits per heavy atom. The topological polar surface area (TPSA) is 86.8 Å². The van der Waals surface area contributed by atoms with Crippen molar-refractivity contribution in [3.05, 3.63) is 64.7 Å². The predicted octanol–water partition coefficient (Wildman–Crippen LogP) is 2.97. The molecule has 1 N–H and O–H groups in total. The van der Waals surface area contributed by atoms with Gasteiger partial charge in [-0.05, 0) is 42.7 Å². The van der Waals surface area contributed by atoms with Gasteiger partial charge in [0.15, 0.2) is 0 Å². The second kappa shape index (κ2) is 10.6. The molecule has 0 aliphatic heterocycles. The lowest BCUT2D eigenvalue weighted by Crippen LogP contribution is -2.51. The summed E-state index contributed by atoms with van der Waals surface area (Å²) in [7, 11) is -2.24. The molecular formula is C22H28ClN3O4S. The normalized spacial score (nSPS) is 12.2. The minimum atomic E-state index is -3.74. The summed E-state index contributed by atoms with van der Waals surface area (Å²) in [5.74, 6) is -0.827. The zero-order valence-corrected chi connectivity index (χ0v) is 19.7. The Bertz CT molecular complexity index is 1040. The van der Waals surface area contributed by atoms with E-state index in [0.29, 0.717) is 22.7 Å². The van der Waals surface area contributed by atoms with Crippen LogP contribution >= 0.6 is 11.6 Å². The Labute approximate surface area is 189 Å². The van der Waals surface area contributed by atoms with E-state index in [1.54, 1.807) is 49.4 Å². The molecule has 0 aliphatic carbocycles. The zero-order valence-electron chi connectivity index (χ0n) is 18.1. The molecule has 31 heavy (non-hydrogen) atoms. The number of rotatable bonds is 9. The average molecular weight is 466 g/mol. The minimum Gasteiger partial charge on any atom is -0.357 e. The number of aryl methyl sites for hydroxylation is 1. The van der Waals surface area contributed by atoms with Crippen LogP contribution in [0.15, 0.2) is 48.5 Å². The molecule has 0 radical (unpaired) electrons. The van der Waals surface area contributed by atoms with E-state index in [1.165, 1.54) is 11.9 Å². The Kier molecular flexibility index (Phi) is 8.47. The first-order valence-electron chi connectivity index (χ1n) is 9.87. The van der Waals surface area contributed by atoms with E-state index in [-0.39, 0.29) is 12.5 Å². The van der Waals surface area contributed by atoms with Crippen LogP contribution in [0.5, 0.6) is 0 Å². The van der Waals surface area contributed by atoms with Gasteiger partial charge in [0.1, 0.15) is 12.6 Å². The zero-order chi connectivity index (χ0) is 23.2. The van der Waals surface area contributed by atoms with Crippen molar-refractivity contribution in [3.63, 3.8) is 0 Å². The maximum Gasteiger partial charge on any atom is 0.244 e. The van der Waals surface area contributed by atoms with Gasteiger partial charge in [0.05, 0.1) is 11.9 Å². The number of carbonyl (C=O) groups excluding carboxylic acids is 2. The molecule has 0 spiro atoms. The highest BCUT2D eigenvalue weighted by atomic mass is 35.5. The smallest absolute Gasteiger partial charge is 0.244 e. The van der Waals surface area contributed by atoms with E-state index in [1.807, 2.05) is 13.0 Å². The van der Waals surface area contributed by atoms with Gasteiger partial charge in [0.25, 0.3) is 0 Å². The number of nitrogens with one attached hydrogen (secondary N) is 1. The third kappa shape index (κ3) is 6.45. The molecule has 7 nitrogen and oxygen atoms in total. The van der Waals surface area contributed by atoms with Gasteiger partial charge in [-0.3, -0.25) is 13.9 Å². The van der Waals surface area contributed by atoms with Crippen molar-refractivity contribution in [1.82, 2.24) is 10.2 Å². The molecule has 1 atom stereocenters. The number of sulfonamides is 1. The van der Waals surface area contributed by atoms with Crippen LogP contribution in [-0.4, -0.2) is 51.0 Å². The molecule has 0 unspecified atom stereocenters. The molecule has 2 aromatic carbocycles. The van der Waals surface area contributed by atoms with E-state index in [0.717, 1.165) is 16.1 Å². The minimum absolute atomic E-state index is 0.0792. The quantitative estimate of drug-likeness (QED) is 0.616. The van der Waals surface area contributed by atoms with Crippen molar-refractivity contribution >= 4 is 39.1 Å². The van der Waals surface area contributed by atoms with Crippen molar-refractivity contribution in [2.75, 3.05) is 24.2 Å². The third-order valence-corrected chi connectivity index (χ3v) is 6.41. The largest absolute Gasteiger partial charge is 0.357 e. The van der Waals surface area contributed by atoms with E-state index >= 15 is 0 Å². The highest BCUT2D eigenvalue weighted by Crippen LogP contribution is 2.22. The average Bonchev–Trinajstić information content (AvgIpc) is 2.71. The van der Waals surface area contributed by atoms with E-state index < -0.39 is 28.5 Å². The number of hydrogen-bond acceptors (Lipinski definition) is 4. The summed E-state index contributed by atoms with van der Waals surface area (Å²) in [5, 5.41) is 3.04. The highest BCUT2D eigenvalue weighted by molar-refractivity contribution is 7.92. The molecule has 9 heteroatoms. The second-order valence-corrected chi connectivity index (χ2v) is 9.57. The standard InChI is InChI=1S/C22H28ClN3O4S/c1-5-20(22(28)24-3)25(14-17-10-6-7-12-19(17)23)21(27)15-26(31(4,29)30)18-11-8-9-16(2)13-18/h6-13,20H,5,14-15H2,1-4H3,(H,24,28)/t20-/m0/s1. The third-order valence-electron chi connectivity index (χ3n) is 4.90. The summed E-state index contributed by atoms with van der Waals surface area (Å²) in [4.78, 5) is 27.3. The Morgan fingerprint density at radius 3 is 2.35 bits per heavy atom. The van der Waals surface area contributed by atoms with Gasteiger partial charge in [-0.15, -0.1) is 0 Å². The Hall–Kier alpha value is -2.58. The van der Waals surface area contributed by atoms with Crippen LogP contribution < -0.4 is 9.62 Å². The van der Waals surface area contributed by atoms with Crippen LogP contribution in [0.1, 0.15) is 24.5 Å². The van der Waals surface area contributed by atoms with Gasteiger partial charge in [-0.2, -0.15) is 0 Å². The SMILES string of the molecule is CC[C@@H](C(=O)NC)N(Cc1ccccc1Cl)C(=O)CN(c1cccc(C)c1)S(C)(=O)=O. The molecule has 0 bridgehead atoms. The number of likely N-dealkylation sites (N-methyl/N-ethyl adjacent to an activating group) is 1. The summed E-state index contributed by atoms with van der Waals surface area (Å²) in [6.45, 7) is 3.28. The van der Waals surface area contributed by atoms with Gasteiger partial charge >= 0.3 is 0 Å². The van der Waals surface area contributed by atoms with Crippen LogP contribution in [0.25, 0.3) is 0 Å². The lowest BCUT2D eigenvalue weighted by Gasteiger charge is -2.32. The first-order chi connectivity index (χ1) is 14.6. The molecule has 0 saturated heterocycles. The van der Waals surface area contributed by atoms with Crippen LogP contribution in [0, 0.1) is 6.92 Å². The van der Waals surface area contributed by atoms with E-state index in [4.69, 9.17) is 11.6 Å². The van der Waals surface area contributed by atoms with Gasteiger partial charge in [0, 0.05) is 18.6 Å². The number of anilines is 1. The fraction of sp³-hybridized carbons (Fsp3) is 0.364. The molecule has 0 fully saturated rings. The predicted molar refractivity (Wildman–Crippen MR) is 124 cm³/mol. The summed E-state index contributed by atoms with van der Waals surface area (Å²) < 4.78 is 26.0. The molecule has 2 aromatic rings. The summed E-state index contributed by atoms with van der Waals surface area (Å²) in [6.07, 6.45) is 1.41. The number of carbonyl (C=O) groups is 2. The fourth-order valence-corrected chi connectivity index (χ4v) is 4.33. The Balaban J connectivity index is 2.44. The maximum atomic E-state index is 13.4. The van der Waals surface area contributed by atoms with Crippen molar-refractivity contribution < 1.29 is 18.0 Å². The number of benzene rings is 2. The van der Waals surface area contributed by atoms with Gasteiger partial charge < -0.3 is 10.2 Å². The number of nitrogens with zero attached hydrogens (tertiary/aromatic N) is 2. The van der Waals surface area contributed by atoms with Crippen LogP contribution in [0.4, 0.5) is 5.69 Å². The molecular weight excluding hydrogens is 438 g/mol. The highest BCUT2D eigenvalue weighted by Gasteiger charge is 2.31. The molecule has 2 amide bonds. The monoisotopic (exact) mass is 465 g/mol. The summed E-state index contributed by atoms with van der Waals surface area (Å²) in [5.41, 5.74) is 1.92. The molecule has 2 rings (SSSR count). The second-order valence-electron chi connectivity index (χ2n) is 7.26. The number of hydrogen-bond donors (Lipinski definition) is 1. The number of amides is 2. The van der Waals surface area contributed by atoms with Crippen molar-refractivity contribution in [2.24, 2.45) is 0 Å². The van der Waals surface area contributed by atoms with Crippen LogP contribution in [0.3, 0.4) is 0 Å². The molecule has 0 aliphatic rings. The van der Waals surface area contributed by atoms with Gasteiger partial charge in [-0.1, -0.05) is 48.9 Å². The molecule has 168 valence electrons. The first-order valence-corrected chi connectivity index (χ1v) is 12.1. The van der Waals surface area contributed by atoms with Crippen LogP contribution in [0.2, 0.25) is 5.02 Å². The van der Waals surface area contributed by atoms with Crippen molar-refractivity contribution in [2.45, 2.75) is 32.9 Å².